The van der Waals surface area contributed by atoms with Crippen LogP contribution in [0.25, 0.3) is 0 Å². The summed E-state index contributed by atoms with van der Waals surface area (Å²) in [7, 11) is 1.16. The molecule has 0 aliphatic carbocycles. The van der Waals surface area contributed by atoms with Crippen LogP contribution in [-0.2, 0) is 4.79 Å². The molecular formula is C10H8ClNO6. The van der Waals surface area contributed by atoms with Gasteiger partial charge in [0.1, 0.15) is 0 Å². The lowest BCUT2D eigenvalue weighted by Crippen LogP contribution is -2.06. The number of ether oxygens (including phenoxy) is 2. The number of hydrogen-bond donors (Lipinski definition) is 0. The largest absolute Gasteiger partial charge is 0.488 e. The van der Waals surface area contributed by atoms with Crippen molar-refractivity contribution in [3.63, 3.8) is 0 Å². The molecule has 1 aromatic rings. The van der Waals surface area contributed by atoms with E-state index in [0.29, 0.717) is 6.29 Å². The quantitative estimate of drug-likeness (QED) is 0.274. The van der Waals surface area contributed by atoms with Gasteiger partial charge in [0.05, 0.1) is 17.1 Å². The number of methoxy groups -OCH3 is 1. The van der Waals surface area contributed by atoms with Crippen LogP contribution in [-0.4, -0.2) is 24.3 Å². The van der Waals surface area contributed by atoms with Crippen LogP contribution in [0.5, 0.6) is 11.5 Å². The van der Waals surface area contributed by atoms with Gasteiger partial charge < -0.3 is 9.47 Å². The molecule has 0 saturated carbocycles. The molecule has 0 N–H and O–H groups in total. The van der Waals surface area contributed by atoms with Crippen molar-refractivity contribution in [2.45, 2.75) is 6.92 Å². The Balaban J connectivity index is 3.61. The SMILES string of the molecule is COc1c([N+](=O)[O-])cc(C=O)c(Cl)c1OC(C)=O. The minimum atomic E-state index is -0.769. The van der Waals surface area contributed by atoms with E-state index in [9.17, 15) is 19.7 Å². The number of nitro groups is 1. The third kappa shape index (κ3) is 2.57. The molecule has 0 aliphatic heterocycles. The number of benzene rings is 1. The maximum absolute atomic E-state index is 10.9. The molecule has 1 aromatic carbocycles. The van der Waals surface area contributed by atoms with Crippen LogP contribution in [0.3, 0.4) is 0 Å². The van der Waals surface area contributed by atoms with Crippen LogP contribution in [0, 0.1) is 10.1 Å². The first-order valence-corrected chi connectivity index (χ1v) is 4.98. The lowest BCUT2D eigenvalue weighted by atomic mass is 10.2. The van der Waals surface area contributed by atoms with Crippen molar-refractivity contribution in [3.8, 4) is 11.5 Å². The predicted octanol–water partition coefficient (Wildman–Crippen LogP) is 1.99. The van der Waals surface area contributed by atoms with Crippen molar-refractivity contribution < 1.29 is 24.0 Å². The lowest BCUT2D eigenvalue weighted by molar-refractivity contribution is -0.385. The van der Waals surface area contributed by atoms with E-state index in [1.54, 1.807) is 0 Å². The molecule has 18 heavy (non-hydrogen) atoms. The summed E-state index contributed by atoms with van der Waals surface area (Å²) in [5.74, 6) is -1.40. The van der Waals surface area contributed by atoms with Gasteiger partial charge in [-0.2, -0.15) is 0 Å². The molecule has 0 amide bonds. The second-order valence-corrected chi connectivity index (χ2v) is 3.51. The fourth-order valence-corrected chi connectivity index (χ4v) is 1.50. The molecule has 1 rings (SSSR count). The van der Waals surface area contributed by atoms with E-state index >= 15 is 0 Å². The first-order chi connectivity index (χ1) is 8.42. The number of hydrogen-bond acceptors (Lipinski definition) is 6. The molecule has 0 fully saturated rings. The van der Waals surface area contributed by atoms with E-state index in [1.165, 1.54) is 0 Å². The van der Waals surface area contributed by atoms with Crippen molar-refractivity contribution in [1.82, 2.24) is 0 Å². The summed E-state index contributed by atoms with van der Waals surface area (Å²) in [6.07, 6.45) is 0.321. The highest BCUT2D eigenvalue weighted by Crippen LogP contribution is 2.44. The summed E-state index contributed by atoms with van der Waals surface area (Å²) in [6, 6.07) is 0.946. The van der Waals surface area contributed by atoms with E-state index < -0.39 is 16.6 Å². The fourth-order valence-electron chi connectivity index (χ4n) is 1.28. The van der Waals surface area contributed by atoms with Gasteiger partial charge in [-0.3, -0.25) is 19.7 Å². The highest BCUT2D eigenvalue weighted by Gasteiger charge is 2.27. The highest BCUT2D eigenvalue weighted by atomic mass is 35.5. The molecule has 0 radical (unpaired) electrons. The molecule has 0 spiro atoms. The number of esters is 1. The summed E-state index contributed by atoms with van der Waals surface area (Å²) in [5, 5.41) is 10.6. The Labute approximate surface area is 106 Å². The zero-order chi connectivity index (χ0) is 13.9. The Hall–Kier alpha value is -2.15. The van der Waals surface area contributed by atoms with Crippen LogP contribution >= 0.6 is 11.6 Å². The number of rotatable bonds is 4. The molecule has 0 atom stereocenters. The maximum Gasteiger partial charge on any atom is 0.315 e. The molecule has 7 nitrogen and oxygen atoms in total. The zero-order valence-electron chi connectivity index (χ0n) is 9.43. The average molecular weight is 274 g/mol. The first-order valence-electron chi connectivity index (χ1n) is 4.60. The van der Waals surface area contributed by atoms with Gasteiger partial charge in [-0.15, -0.1) is 0 Å². The Kier molecular flexibility index (Phi) is 4.22. The van der Waals surface area contributed by atoms with E-state index in [2.05, 4.69) is 0 Å². The van der Waals surface area contributed by atoms with E-state index in [4.69, 9.17) is 21.1 Å². The van der Waals surface area contributed by atoms with Crippen LogP contribution in [0.2, 0.25) is 5.02 Å². The maximum atomic E-state index is 10.9. The van der Waals surface area contributed by atoms with Gasteiger partial charge in [0.2, 0.25) is 5.75 Å². The van der Waals surface area contributed by atoms with Gasteiger partial charge >= 0.3 is 11.7 Å². The standard InChI is InChI=1S/C10H8ClNO6/c1-5(14)18-10-8(11)6(4-13)3-7(12(15)16)9(10)17-2/h3-4H,1-2H3. The summed E-state index contributed by atoms with van der Waals surface area (Å²) < 4.78 is 9.54. The van der Waals surface area contributed by atoms with E-state index in [1.807, 2.05) is 0 Å². The van der Waals surface area contributed by atoms with Gasteiger partial charge in [-0.05, 0) is 0 Å². The summed E-state index contributed by atoms with van der Waals surface area (Å²) in [5.41, 5.74) is -0.680. The Morgan fingerprint density at radius 3 is 2.50 bits per heavy atom. The number of halogens is 1. The van der Waals surface area contributed by atoms with Gasteiger partial charge in [-0.1, -0.05) is 11.6 Å². The number of nitro benzene ring substituents is 1. The first kappa shape index (κ1) is 13.9. The topological polar surface area (TPSA) is 95.7 Å². The monoisotopic (exact) mass is 273 g/mol. The van der Waals surface area contributed by atoms with Crippen LogP contribution in [0.15, 0.2) is 6.07 Å². The van der Waals surface area contributed by atoms with Crippen molar-refractivity contribution in [2.24, 2.45) is 0 Å². The van der Waals surface area contributed by atoms with Gasteiger partial charge in [-0.25, -0.2) is 0 Å². The molecular weight excluding hydrogens is 266 g/mol. The minimum Gasteiger partial charge on any atom is -0.488 e. The van der Waals surface area contributed by atoms with E-state index in [-0.39, 0.29) is 22.1 Å². The second kappa shape index (κ2) is 5.46. The average Bonchev–Trinajstić information content (AvgIpc) is 2.30. The fraction of sp³-hybridized carbons (Fsp3) is 0.200. The van der Waals surface area contributed by atoms with Gasteiger partial charge in [0.15, 0.2) is 12.0 Å². The van der Waals surface area contributed by atoms with Crippen molar-refractivity contribution in [3.05, 3.63) is 26.8 Å². The van der Waals surface area contributed by atoms with E-state index in [0.717, 1.165) is 20.1 Å². The highest BCUT2D eigenvalue weighted by molar-refractivity contribution is 6.35. The zero-order valence-corrected chi connectivity index (χ0v) is 10.2. The normalized spacial score (nSPS) is 9.72. The Morgan fingerprint density at radius 1 is 1.50 bits per heavy atom. The van der Waals surface area contributed by atoms with Crippen LogP contribution in [0.4, 0.5) is 5.69 Å². The molecule has 0 aliphatic rings. The van der Waals surface area contributed by atoms with Crippen LogP contribution < -0.4 is 9.47 Å². The third-order valence-corrected chi connectivity index (χ3v) is 2.35. The number of aldehydes is 1. The molecule has 0 heterocycles. The molecule has 0 bridgehead atoms. The van der Waals surface area contributed by atoms with Crippen molar-refractivity contribution in [2.75, 3.05) is 7.11 Å². The molecule has 96 valence electrons. The Bertz CT molecular complexity index is 528. The van der Waals surface area contributed by atoms with Gasteiger partial charge in [0, 0.05) is 18.6 Å². The van der Waals surface area contributed by atoms with Crippen LogP contribution in [0.1, 0.15) is 17.3 Å². The smallest absolute Gasteiger partial charge is 0.315 e. The van der Waals surface area contributed by atoms with Gasteiger partial charge in [0.25, 0.3) is 0 Å². The summed E-state index contributed by atoms with van der Waals surface area (Å²) >= 11 is 5.80. The minimum absolute atomic E-state index is 0.166. The Morgan fingerprint density at radius 2 is 2.11 bits per heavy atom. The lowest BCUT2D eigenvalue weighted by Gasteiger charge is -2.11. The molecule has 0 saturated heterocycles. The van der Waals surface area contributed by atoms with Crippen molar-refractivity contribution >= 4 is 29.5 Å². The second-order valence-electron chi connectivity index (χ2n) is 3.13. The van der Waals surface area contributed by atoms with Crippen molar-refractivity contribution in [1.29, 1.82) is 0 Å². The summed E-state index contributed by atoms with van der Waals surface area (Å²) in [4.78, 5) is 31.7. The molecule has 0 unspecified atom stereocenters. The number of nitrogens with zero attached hydrogens (tertiary/aromatic N) is 1. The number of carbonyl (C=O) groups is 2. The number of carbonyl (C=O) groups excluding carboxylic acids is 2. The summed E-state index contributed by atoms with van der Waals surface area (Å²) in [6.45, 7) is 1.09. The third-order valence-electron chi connectivity index (χ3n) is 1.96. The molecule has 0 aromatic heterocycles. The predicted molar refractivity (Wildman–Crippen MR) is 61.4 cm³/mol. The molecule has 8 heteroatoms.